The van der Waals surface area contributed by atoms with Crippen molar-refractivity contribution in [3.63, 3.8) is 0 Å². The van der Waals surface area contributed by atoms with E-state index in [1.165, 1.54) is 43.5 Å². The van der Waals surface area contributed by atoms with Crippen LogP contribution in [0.4, 0.5) is 10.5 Å². The smallest absolute Gasteiger partial charge is 0.460 e. The summed E-state index contributed by atoms with van der Waals surface area (Å²) in [6, 6.07) is 5.00. The van der Waals surface area contributed by atoms with Crippen molar-refractivity contribution in [2.24, 2.45) is 0 Å². The molecule has 0 saturated heterocycles. The number of non-ortho nitro benzene ring substituents is 1. The molecule has 0 heterocycles. The number of nitro benzene ring substituents is 1. The number of hydrogen-bond acceptors (Lipinski definition) is 7. The molecule has 1 aromatic carbocycles. The van der Waals surface area contributed by atoms with Gasteiger partial charge < -0.3 is 14.2 Å². The summed E-state index contributed by atoms with van der Waals surface area (Å²) in [4.78, 5) is 33.5. The monoisotopic (exact) mass is 395 g/mol. The van der Waals surface area contributed by atoms with Gasteiger partial charge >= 0.3 is 12.1 Å². The normalized spacial score (nSPS) is 11.0. The quantitative estimate of drug-likeness (QED) is 0.158. The summed E-state index contributed by atoms with van der Waals surface area (Å²) in [7, 11) is 0. The number of hydrogen-bond donors (Lipinski definition) is 0. The Hall–Kier alpha value is -2.64. The van der Waals surface area contributed by atoms with Gasteiger partial charge in [-0.2, -0.15) is 0 Å². The van der Waals surface area contributed by atoms with Gasteiger partial charge in [0.15, 0.2) is 0 Å². The highest BCUT2D eigenvalue weighted by molar-refractivity contribution is 5.70. The topological polar surface area (TPSA) is 105 Å². The van der Waals surface area contributed by atoms with Crippen molar-refractivity contribution >= 4 is 17.8 Å². The molecule has 0 aliphatic rings. The average molecular weight is 395 g/mol. The maximum atomic E-state index is 11.9. The molecule has 0 radical (unpaired) electrons. The van der Waals surface area contributed by atoms with E-state index < -0.39 is 22.6 Å². The van der Waals surface area contributed by atoms with Crippen molar-refractivity contribution in [3.8, 4) is 5.75 Å². The second-order valence-electron chi connectivity index (χ2n) is 7.10. The number of rotatable bonds is 12. The van der Waals surface area contributed by atoms with Gasteiger partial charge in [0.25, 0.3) is 5.69 Å². The molecule has 0 spiro atoms. The second kappa shape index (κ2) is 11.9. The fourth-order valence-electron chi connectivity index (χ4n) is 2.54. The van der Waals surface area contributed by atoms with Crippen LogP contribution in [0.25, 0.3) is 0 Å². The van der Waals surface area contributed by atoms with Gasteiger partial charge in [-0.05, 0) is 38.8 Å². The maximum absolute atomic E-state index is 11.9. The third-order valence-corrected chi connectivity index (χ3v) is 4.05. The molecule has 0 unspecified atom stereocenters. The van der Waals surface area contributed by atoms with Crippen molar-refractivity contribution in [3.05, 3.63) is 34.4 Å². The van der Waals surface area contributed by atoms with Gasteiger partial charge in [-0.25, -0.2) is 4.79 Å². The molecule has 0 N–H and O–H groups in total. The molecule has 0 aliphatic carbocycles. The lowest BCUT2D eigenvalue weighted by Crippen LogP contribution is -2.28. The Morgan fingerprint density at radius 2 is 1.71 bits per heavy atom. The molecule has 0 aliphatic heterocycles. The van der Waals surface area contributed by atoms with E-state index >= 15 is 0 Å². The van der Waals surface area contributed by atoms with E-state index in [1.54, 1.807) is 0 Å². The number of carbonyl (C=O) groups excluding carboxylic acids is 2. The van der Waals surface area contributed by atoms with E-state index in [9.17, 15) is 19.7 Å². The summed E-state index contributed by atoms with van der Waals surface area (Å²) in [5.74, 6) is -0.330. The Labute approximate surface area is 165 Å². The van der Waals surface area contributed by atoms with Crippen LogP contribution in [0.2, 0.25) is 0 Å². The SMILES string of the molecule is CCCCCCCC(C)(C)OC(=O)CCOC(=O)Oc1ccc([N+](=O)[O-])cc1. The molecule has 1 rings (SSSR count). The molecule has 156 valence electrons. The molecule has 0 fully saturated rings. The highest BCUT2D eigenvalue weighted by Gasteiger charge is 2.22. The summed E-state index contributed by atoms with van der Waals surface area (Å²) in [6.45, 7) is 5.73. The minimum absolute atomic E-state index is 0.0748. The summed E-state index contributed by atoms with van der Waals surface area (Å²) < 4.78 is 15.2. The van der Waals surface area contributed by atoms with Gasteiger partial charge in [-0.15, -0.1) is 0 Å². The molecule has 0 bridgehead atoms. The Morgan fingerprint density at radius 1 is 1.07 bits per heavy atom. The van der Waals surface area contributed by atoms with Crippen molar-refractivity contribution < 1.29 is 28.7 Å². The van der Waals surface area contributed by atoms with Crippen molar-refractivity contribution in [1.29, 1.82) is 0 Å². The molecule has 28 heavy (non-hydrogen) atoms. The lowest BCUT2D eigenvalue weighted by molar-refractivity contribution is -0.384. The standard InChI is InChI=1S/C20H29NO7/c1-4-5-6-7-8-14-20(2,3)28-18(22)13-15-26-19(23)27-17-11-9-16(10-12-17)21(24)25/h9-12H,4-8,13-15H2,1-3H3. The van der Waals surface area contributed by atoms with Crippen LogP contribution in [0.3, 0.4) is 0 Å². The molecule has 0 saturated carbocycles. The number of benzene rings is 1. The van der Waals surface area contributed by atoms with Crippen LogP contribution in [-0.2, 0) is 14.3 Å². The average Bonchev–Trinajstić information content (AvgIpc) is 2.61. The van der Waals surface area contributed by atoms with Gasteiger partial charge in [-0.3, -0.25) is 14.9 Å². The largest absolute Gasteiger partial charge is 0.513 e. The van der Waals surface area contributed by atoms with Crippen LogP contribution in [-0.4, -0.2) is 29.3 Å². The van der Waals surface area contributed by atoms with Gasteiger partial charge in [-0.1, -0.05) is 32.6 Å². The Kier molecular flexibility index (Phi) is 9.98. The third kappa shape index (κ3) is 9.89. The summed E-state index contributed by atoms with van der Waals surface area (Å²) in [5, 5.41) is 10.6. The Bertz CT molecular complexity index is 640. The van der Waals surface area contributed by atoms with Gasteiger partial charge in [0.2, 0.25) is 0 Å². The number of unbranched alkanes of at least 4 members (excludes halogenated alkanes) is 4. The minimum atomic E-state index is -0.989. The van der Waals surface area contributed by atoms with E-state index in [0.29, 0.717) is 0 Å². The molecule has 1 aromatic rings. The van der Waals surface area contributed by atoms with E-state index in [4.69, 9.17) is 14.2 Å². The number of ether oxygens (including phenoxy) is 3. The van der Waals surface area contributed by atoms with Gasteiger partial charge in [0.1, 0.15) is 18.0 Å². The first kappa shape index (κ1) is 23.4. The number of nitrogens with zero attached hydrogens (tertiary/aromatic N) is 1. The molecule has 8 heteroatoms. The van der Waals surface area contributed by atoms with Gasteiger partial charge in [0, 0.05) is 12.1 Å². The van der Waals surface area contributed by atoms with Crippen LogP contribution >= 0.6 is 0 Å². The first-order chi connectivity index (χ1) is 13.2. The predicted molar refractivity (Wildman–Crippen MR) is 103 cm³/mol. The van der Waals surface area contributed by atoms with E-state index in [0.717, 1.165) is 19.3 Å². The van der Waals surface area contributed by atoms with Crippen LogP contribution in [0.5, 0.6) is 5.75 Å². The van der Waals surface area contributed by atoms with E-state index in [-0.39, 0.29) is 24.5 Å². The van der Waals surface area contributed by atoms with Crippen LogP contribution in [0.15, 0.2) is 24.3 Å². The van der Waals surface area contributed by atoms with Crippen LogP contribution in [0.1, 0.15) is 65.7 Å². The molecule has 8 nitrogen and oxygen atoms in total. The highest BCUT2D eigenvalue weighted by atomic mass is 16.7. The van der Waals surface area contributed by atoms with E-state index in [2.05, 4.69) is 6.92 Å². The molecule has 0 atom stereocenters. The predicted octanol–water partition coefficient (Wildman–Crippen LogP) is 5.18. The molecule has 0 amide bonds. The van der Waals surface area contributed by atoms with Crippen molar-refractivity contribution in [2.45, 2.75) is 71.3 Å². The molecular weight excluding hydrogens is 366 g/mol. The zero-order valence-corrected chi connectivity index (χ0v) is 16.8. The van der Waals surface area contributed by atoms with E-state index in [1.807, 2.05) is 13.8 Å². The maximum Gasteiger partial charge on any atom is 0.513 e. The lowest BCUT2D eigenvalue weighted by Gasteiger charge is -2.25. The first-order valence-corrected chi connectivity index (χ1v) is 9.54. The highest BCUT2D eigenvalue weighted by Crippen LogP contribution is 2.20. The Balaban J connectivity index is 2.25. The first-order valence-electron chi connectivity index (χ1n) is 9.54. The fraction of sp³-hybridized carbons (Fsp3) is 0.600. The number of carbonyl (C=O) groups is 2. The number of nitro groups is 1. The summed E-state index contributed by atoms with van der Waals surface area (Å²) in [5.41, 5.74) is -0.667. The Morgan fingerprint density at radius 3 is 2.32 bits per heavy atom. The fourth-order valence-corrected chi connectivity index (χ4v) is 2.54. The van der Waals surface area contributed by atoms with Crippen LogP contribution in [0, 0.1) is 10.1 Å². The summed E-state index contributed by atoms with van der Waals surface area (Å²) in [6.07, 6.45) is 5.42. The minimum Gasteiger partial charge on any atom is -0.460 e. The van der Waals surface area contributed by atoms with Crippen molar-refractivity contribution in [1.82, 2.24) is 0 Å². The van der Waals surface area contributed by atoms with Gasteiger partial charge in [0.05, 0.1) is 11.3 Å². The lowest BCUT2D eigenvalue weighted by atomic mass is 9.99. The molecule has 0 aromatic heterocycles. The third-order valence-electron chi connectivity index (χ3n) is 4.05. The molecular formula is C20H29NO7. The summed E-state index contributed by atoms with van der Waals surface area (Å²) >= 11 is 0. The van der Waals surface area contributed by atoms with Crippen molar-refractivity contribution in [2.75, 3.05) is 6.61 Å². The zero-order valence-electron chi connectivity index (χ0n) is 16.8. The van der Waals surface area contributed by atoms with Crippen LogP contribution < -0.4 is 4.74 Å². The second-order valence-corrected chi connectivity index (χ2v) is 7.10. The number of esters is 1. The zero-order chi connectivity index (χ0) is 21.0.